The number of phenolic OH excluding ortho intramolecular Hbond substituents is 1. The van der Waals surface area contributed by atoms with Crippen LogP contribution in [0, 0.1) is 5.92 Å². The van der Waals surface area contributed by atoms with Crippen molar-refractivity contribution in [3.63, 3.8) is 0 Å². The molecule has 0 spiro atoms. The highest BCUT2D eigenvalue weighted by atomic mass is 16.3. The van der Waals surface area contributed by atoms with Crippen LogP contribution in [0.25, 0.3) is 17.2 Å². The first-order valence-corrected chi connectivity index (χ1v) is 14.2. The molecule has 1 amide bonds. The van der Waals surface area contributed by atoms with Crippen molar-refractivity contribution in [2.45, 2.75) is 71.0 Å². The highest BCUT2D eigenvalue weighted by Crippen LogP contribution is 2.20. The minimum Gasteiger partial charge on any atom is -0.508 e. The van der Waals surface area contributed by atoms with Crippen LogP contribution in [-0.2, 0) is 11.2 Å². The summed E-state index contributed by atoms with van der Waals surface area (Å²) in [5.41, 5.74) is 10.7. The normalized spacial score (nSPS) is 13.9. The number of unbranched alkanes of at least 4 members (excludes halogenated alkanes) is 1. The number of rotatable bonds is 15. The first-order valence-electron chi connectivity index (χ1n) is 14.2. The van der Waals surface area contributed by atoms with Gasteiger partial charge in [-0.25, -0.2) is 0 Å². The lowest BCUT2D eigenvalue weighted by Gasteiger charge is -2.25. The van der Waals surface area contributed by atoms with Crippen molar-refractivity contribution in [1.82, 2.24) is 10.6 Å². The van der Waals surface area contributed by atoms with Gasteiger partial charge < -0.3 is 16.2 Å². The summed E-state index contributed by atoms with van der Waals surface area (Å²) < 4.78 is 0. The van der Waals surface area contributed by atoms with E-state index < -0.39 is 6.04 Å². The summed E-state index contributed by atoms with van der Waals surface area (Å²) in [6.07, 6.45) is 8.75. The summed E-state index contributed by atoms with van der Waals surface area (Å²) >= 11 is 0. The largest absolute Gasteiger partial charge is 0.508 e. The first kappa shape index (κ1) is 30.1. The summed E-state index contributed by atoms with van der Waals surface area (Å²) in [6.45, 7) is 6.99. The molecule has 0 bridgehead atoms. The number of carbonyl (C=O) groups is 1. The average Bonchev–Trinajstić information content (AvgIpc) is 2.94. The molecule has 5 heteroatoms. The van der Waals surface area contributed by atoms with Crippen LogP contribution >= 0.6 is 0 Å². The minimum atomic E-state index is -0.429. The molecule has 0 aliphatic carbocycles. The highest BCUT2D eigenvalue weighted by Gasteiger charge is 2.22. The molecule has 0 aliphatic heterocycles. The molecule has 0 heterocycles. The van der Waals surface area contributed by atoms with E-state index in [-0.39, 0.29) is 23.7 Å². The average molecular weight is 528 g/mol. The third kappa shape index (κ3) is 10.7. The number of phenols is 1. The quantitative estimate of drug-likeness (QED) is 0.186. The number of benzene rings is 3. The summed E-state index contributed by atoms with van der Waals surface area (Å²) in [4.78, 5) is 13.4. The highest BCUT2D eigenvalue weighted by molar-refractivity contribution is 5.82. The van der Waals surface area contributed by atoms with E-state index in [2.05, 4.69) is 92.1 Å². The van der Waals surface area contributed by atoms with Gasteiger partial charge >= 0.3 is 0 Å². The maximum absolute atomic E-state index is 13.4. The predicted octanol–water partition coefficient (Wildman–Crippen LogP) is 6.32. The van der Waals surface area contributed by atoms with Crippen molar-refractivity contribution in [2.24, 2.45) is 11.7 Å². The van der Waals surface area contributed by atoms with Crippen LogP contribution in [0.3, 0.4) is 0 Å². The molecule has 3 aromatic carbocycles. The van der Waals surface area contributed by atoms with Crippen molar-refractivity contribution >= 4 is 12.0 Å². The van der Waals surface area contributed by atoms with Gasteiger partial charge in [-0.2, -0.15) is 0 Å². The van der Waals surface area contributed by atoms with E-state index in [4.69, 9.17) is 5.73 Å². The molecule has 0 aromatic heterocycles. The summed E-state index contributed by atoms with van der Waals surface area (Å²) in [5, 5.41) is 16.4. The Morgan fingerprint density at radius 1 is 0.949 bits per heavy atom. The third-order valence-corrected chi connectivity index (χ3v) is 6.84. The second kappa shape index (κ2) is 15.9. The van der Waals surface area contributed by atoms with Gasteiger partial charge in [0.1, 0.15) is 5.75 Å². The van der Waals surface area contributed by atoms with E-state index in [0.717, 1.165) is 36.8 Å². The molecule has 0 radical (unpaired) electrons. The van der Waals surface area contributed by atoms with E-state index in [1.807, 2.05) is 18.2 Å². The number of nitrogens with one attached hydrogen (secondary N) is 2. The lowest BCUT2D eigenvalue weighted by molar-refractivity contribution is -0.123. The molecule has 3 aromatic rings. The Bertz CT molecular complexity index is 1140. The maximum Gasteiger partial charge on any atom is 0.237 e. The third-order valence-electron chi connectivity index (χ3n) is 6.84. The molecule has 0 aliphatic rings. The molecular weight excluding hydrogens is 482 g/mol. The summed E-state index contributed by atoms with van der Waals surface area (Å²) in [5.74, 6) is 0.616. The molecule has 0 saturated carbocycles. The molecule has 208 valence electrons. The van der Waals surface area contributed by atoms with Crippen molar-refractivity contribution in [3.05, 3.63) is 96.1 Å². The van der Waals surface area contributed by atoms with Crippen LogP contribution in [-0.4, -0.2) is 35.7 Å². The SMILES string of the molecule is CCCC[C@H](N)CNC(=O)[C@H](Cc1ccc(O)cc1)N[C@H](/C=C/c1ccc(-c2ccccc2)cc1)CC(C)C. The van der Waals surface area contributed by atoms with Crippen molar-refractivity contribution in [2.75, 3.05) is 6.54 Å². The number of hydrogen-bond donors (Lipinski definition) is 4. The topological polar surface area (TPSA) is 87.4 Å². The predicted molar refractivity (Wildman–Crippen MR) is 163 cm³/mol. The smallest absolute Gasteiger partial charge is 0.237 e. The molecule has 39 heavy (non-hydrogen) atoms. The Balaban J connectivity index is 1.74. The Hall–Kier alpha value is -3.41. The van der Waals surface area contributed by atoms with Crippen LogP contribution in [0.5, 0.6) is 5.75 Å². The Labute approximate surface area is 234 Å². The molecule has 5 N–H and O–H groups in total. The fourth-order valence-corrected chi connectivity index (χ4v) is 4.63. The molecular formula is C34H45N3O2. The number of amides is 1. The van der Waals surface area contributed by atoms with E-state index in [9.17, 15) is 9.90 Å². The minimum absolute atomic E-state index is 0.0143. The first-order chi connectivity index (χ1) is 18.8. The van der Waals surface area contributed by atoms with Gasteiger partial charge in [-0.15, -0.1) is 0 Å². The van der Waals surface area contributed by atoms with Crippen molar-refractivity contribution in [3.8, 4) is 16.9 Å². The van der Waals surface area contributed by atoms with Crippen LogP contribution in [0.2, 0.25) is 0 Å². The van der Waals surface area contributed by atoms with Gasteiger partial charge in [-0.3, -0.25) is 10.1 Å². The number of carbonyl (C=O) groups excluding carboxylic acids is 1. The van der Waals surface area contributed by atoms with Gasteiger partial charge in [0.2, 0.25) is 5.91 Å². The summed E-state index contributed by atoms with van der Waals surface area (Å²) in [6, 6.07) is 25.5. The Kier molecular flexibility index (Phi) is 12.3. The van der Waals surface area contributed by atoms with Crippen molar-refractivity contribution < 1.29 is 9.90 Å². The monoisotopic (exact) mass is 527 g/mol. The van der Waals surface area contributed by atoms with Crippen LogP contribution < -0.4 is 16.4 Å². The Morgan fingerprint density at radius 3 is 2.26 bits per heavy atom. The van der Waals surface area contributed by atoms with Gasteiger partial charge in [-0.05, 0) is 59.6 Å². The molecule has 0 fully saturated rings. The van der Waals surface area contributed by atoms with E-state index >= 15 is 0 Å². The molecule has 0 unspecified atom stereocenters. The van der Waals surface area contributed by atoms with Gasteiger partial charge in [0, 0.05) is 18.6 Å². The standard InChI is InChI=1S/C34H45N3O2/c1-4-5-11-30(35)24-36-34(39)33(23-27-15-20-32(38)21-16-27)37-31(22-25(2)3)19-14-26-12-17-29(18-13-26)28-9-7-6-8-10-28/h6-10,12-21,25,30-31,33,37-38H,4-5,11,22-24,35H2,1-3H3,(H,36,39)/b19-14+/t30-,31+,33-/m0/s1. The molecule has 3 atom stereocenters. The van der Waals surface area contributed by atoms with Crippen LogP contribution in [0.1, 0.15) is 57.6 Å². The second-order valence-corrected chi connectivity index (χ2v) is 10.8. The molecule has 5 nitrogen and oxygen atoms in total. The van der Waals surface area contributed by atoms with Gasteiger partial charge in [0.05, 0.1) is 6.04 Å². The number of aromatic hydroxyl groups is 1. The van der Waals surface area contributed by atoms with Crippen molar-refractivity contribution in [1.29, 1.82) is 0 Å². The van der Waals surface area contributed by atoms with Crippen LogP contribution in [0.4, 0.5) is 0 Å². The zero-order valence-corrected chi connectivity index (χ0v) is 23.6. The lowest BCUT2D eigenvalue weighted by Crippen LogP contribution is -2.51. The van der Waals surface area contributed by atoms with Gasteiger partial charge in [0.25, 0.3) is 0 Å². The lowest BCUT2D eigenvalue weighted by atomic mass is 9.98. The van der Waals surface area contributed by atoms with E-state index in [1.54, 1.807) is 12.1 Å². The van der Waals surface area contributed by atoms with Gasteiger partial charge in [0.15, 0.2) is 0 Å². The fourth-order valence-electron chi connectivity index (χ4n) is 4.63. The van der Waals surface area contributed by atoms with Gasteiger partial charge in [-0.1, -0.05) is 112 Å². The molecule has 3 rings (SSSR count). The Morgan fingerprint density at radius 2 is 1.62 bits per heavy atom. The number of nitrogens with two attached hydrogens (primary N) is 1. The van der Waals surface area contributed by atoms with E-state index in [1.165, 1.54) is 11.1 Å². The van der Waals surface area contributed by atoms with Crippen LogP contribution in [0.15, 0.2) is 84.9 Å². The maximum atomic E-state index is 13.4. The number of hydrogen-bond acceptors (Lipinski definition) is 4. The second-order valence-electron chi connectivity index (χ2n) is 10.8. The zero-order chi connectivity index (χ0) is 28.0. The van der Waals surface area contributed by atoms with E-state index in [0.29, 0.717) is 18.9 Å². The summed E-state index contributed by atoms with van der Waals surface area (Å²) in [7, 11) is 0. The molecule has 0 saturated heterocycles. The fraction of sp³-hybridized carbons (Fsp3) is 0.382. The zero-order valence-electron chi connectivity index (χ0n) is 23.6.